The fourth-order valence-corrected chi connectivity index (χ4v) is 4.48. The van der Waals surface area contributed by atoms with Gasteiger partial charge >= 0.3 is 0 Å². The maximum Gasteiger partial charge on any atom is 0.137 e. The molecule has 0 aliphatic carbocycles. The minimum Gasteiger partial charge on any atom is -0.378 e. The topological polar surface area (TPSA) is 68.7 Å². The predicted molar refractivity (Wildman–Crippen MR) is 136 cm³/mol. The Morgan fingerprint density at radius 3 is 2.73 bits per heavy atom. The highest BCUT2D eigenvalue weighted by molar-refractivity contribution is 6.34. The molecule has 0 radical (unpaired) electrons. The molecule has 3 aromatic rings. The number of rotatable bonds is 7. The van der Waals surface area contributed by atoms with Crippen LogP contribution in [0.25, 0.3) is 22.5 Å². The third-order valence-electron chi connectivity index (χ3n) is 5.71. The molecule has 6 nitrogen and oxygen atoms in total. The van der Waals surface area contributed by atoms with Crippen LogP contribution < -0.4 is 10.6 Å². The highest BCUT2D eigenvalue weighted by Gasteiger charge is 2.17. The van der Waals surface area contributed by atoms with Crippen LogP contribution in [0.5, 0.6) is 0 Å². The third-order valence-corrected chi connectivity index (χ3v) is 6.04. The molecule has 0 amide bonds. The predicted octanol–water partition coefficient (Wildman–Crippen LogP) is 5.18. The number of nitrogens with zero attached hydrogens (tertiary/aromatic N) is 4. The molecule has 1 saturated heterocycles. The number of halogens is 1. The molecule has 1 aliphatic heterocycles. The largest absolute Gasteiger partial charge is 0.378 e. The molecule has 2 N–H and O–H groups in total. The zero-order chi connectivity index (χ0) is 23.4. The zero-order valence-corrected chi connectivity index (χ0v) is 20.0. The van der Waals surface area contributed by atoms with Gasteiger partial charge in [0.25, 0.3) is 0 Å². The summed E-state index contributed by atoms with van der Waals surface area (Å²) >= 11 is 6.74. The molecule has 0 bridgehead atoms. The lowest BCUT2D eigenvalue weighted by Crippen LogP contribution is -2.36. The molecular weight excluding hydrogens is 434 g/mol. The normalized spacial score (nSPS) is 14.8. The van der Waals surface area contributed by atoms with Crippen molar-refractivity contribution in [1.82, 2.24) is 14.4 Å². The maximum absolute atomic E-state index is 6.74. The van der Waals surface area contributed by atoms with Crippen LogP contribution in [0.15, 0.2) is 66.1 Å². The van der Waals surface area contributed by atoms with Gasteiger partial charge < -0.3 is 15.4 Å². The van der Waals surface area contributed by atoms with E-state index in [-0.39, 0.29) is 0 Å². The van der Waals surface area contributed by atoms with Crippen LogP contribution in [0, 0.1) is 0 Å². The van der Waals surface area contributed by atoms with Crippen molar-refractivity contribution in [1.29, 1.82) is 0 Å². The van der Waals surface area contributed by atoms with Crippen molar-refractivity contribution in [2.24, 2.45) is 5.73 Å². The quantitative estimate of drug-likeness (QED) is 0.386. The summed E-state index contributed by atoms with van der Waals surface area (Å²) in [5, 5.41) is 0.698. The van der Waals surface area contributed by atoms with E-state index >= 15 is 0 Å². The number of imidazole rings is 1. The first-order valence-corrected chi connectivity index (χ1v) is 11.5. The number of morpholine rings is 1. The summed E-state index contributed by atoms with van der Waals surface area (Å²) in [6, 6.07) is 6.17. The zero-order valence-electron chi connectivity index (χ0n) is 19.2. The molecule has 33 heavy (non-hydrogen) atoms. The lowest BCUT2D eigenvalue weighted by molar-refractivity contribution is 0.122. The second kappa shape index (κ2) is 10.3. The number of ether oxygens (including phenoxy) is 1. The van der Waals surface area contributed by atoms with Gasteiger partial charge in [-0.15, -0.1) is 6.58 Å². The molecule has 0 atom stereocenters. The molecule has 3 aromatic heterocycles. The number of fused-ring (bicyclic) bond motifs is 1. The van der Waals surface area contributed by atoms with E-state index in [4.69, 9.17) is 22.1 Å². The SMILES string of the molecule is C=CC/C(=C(/Cl)C=C(C)C)c1cn2c(-c3ccnc(N4CCOCC4)c3)cnc2cc1CN. The summed E-state index contributed by atoms with van der Waals surface area (Å²) in [5.41, 5.74) is 13.2. The van der Waals surface area contributed by atoms with Crippen LogP contribution in [-0.4, -0.2) is 40.7 Å². The molecule has 0 unspecified atom stereocenters. The highest BCUT2D eigenvalue weighted by Crippen LogP contribution is 2.32. The van der Waals surface area contributed by atoms with Gasteiger partial charge in [-0.1, -0.05) is 23.3 Å². The fraction of sp³-hybridized carbons (Fsp3) is 0.308. The van der Waals surface area contributed by atoms with Crippen molar-refractivity contribution < 1.29 is 4.74 Å². The Morgan fingerprint density at radius 2 is 2.03 bits per heavy atom. The van der Waals surface area contributed by atoms with Gasteiger partial charge in [-0.2, -0.15) is 0 Å². The number of pyridine rings is 2. The maximum atomic E-state index is 6.74. The van der Waals surface area contributed by atoms with Crippen LogP contribution in [0.2, 0.25) is 0 Å². The Balaban J connectivity index is 1.84. The minimum absolute atomic E-state index is 0.393. The van der Waals surface area contributed by atoms with E-state index in [1.54, 1.807) is 0 Å². The number of hydrogen-bond acceptors (Lipinski definition) is 5. The first kappa shape index (κ1) is 23.2. The van der Waals surface area contributed by atoms with Crippen LogP contribution >= 0.6 is 11.6 Å². The van der Waals surface area contributed by atoms with E-state index in [1.165, 1.54) is 0 Å². The van der Waals surface area contributed by atoms with Crippen LogP contribution in [-0.2, 0) is 11.3 Å². The lowest BCUT2D eigenvalue weighted by Gasteiger charge is -2.28. The van der Waals surface area contributed by atoms with E-state index < -0.39 is 0 Å². The molecule has 0 saturated carbocycles. The summed E-state index contributed by atoms with van der Waals surface area (Å²) < 4.78 is 7.58. The first-order chi connectivity index (χ1) is 16.0. The molecule has 1 aliphatic rings. The van der Waals surface area contributed by atoms with Crippen molar-refractivity contribution in [2.75, 3.05) is 31.2 Å². The molecule has 0 spiro atoms. The standard InChI is InChI=1S/C26H30ClN5O/c1-4-5-21(23(27)12-18(2)3)22-17-32-24(16-30-26(32)14-20(22)15-28)19-6-7-29-25(13-19)31-8-10-33-11-9-31/h4,6-7,12-14,16-17H,1,5,8-11,15,28H2,2-3H3/b23-21-. The van der Waals surface area contributed by atoms with E-state index in [1.807, 2.05) is 50.5 Å². The van der Waals surface area contributed by atoms with Gasteiger partial charge in [0.1, 0.15) is 11.5 Å². The van der Waals surface area contributed by atoms with Gasteiger partial charge in [0.15, 0.2) is 0 Å². The number of hydrogen-bond donors (Lipinski definition) is 1. The third kappa shape index (κ3) is 5.03. The summed E-state index contributed by atoms with van der Waals surface area (Å²) in [5.74, 6) is 0.948. The number of anilines is 1. The van der Waals surface area contributed by atoms with Gasteiger partial charge in [-0.3, -0.25) is 4.40 Å². The fourth-order valence-electron chi connectivity index (χ4n) is 4.08. The number of allylic oxidation sites excluding steroid dienone is 5. The summed E-state index contributed by atoms with van der Waals surface area (Å²) in [6.07, 6.45) is 10.3. The average molecular weight is 464 g/mol. The second-order valence-corrected chi connectivity index (χ2v) is 8.74. The Bertz CT molecular complexity index is 1220. The van der Waals surface area contributed by atoms with Crippen molar-refractivity contribution in [3.05, 3.63) is 77.3 Å². The van der Waals surface area contributed by atoms with E-state index in [0.29, 0.717) is 18.0 Å². The number of aromatic nitrogens is 3. The van der Waals surface area contributed by atoms with Crippen LogP contribution in [0.1, 0.15) is 31.4 Å². The molecule has 0 aromatic carbocycles. The smallest absolute Gasteiger partial charge is 0.137 e. The van der Waals surface area contributed by atoms with Gasteiger partial charge in [-0.05, 0) is 55.7 Å². The van der Waals surface area contributed by atoms with E-state index in [2.05, 4.69) is 38.1 Å². The van der Waals surface area contributed by atoms with Gasteiger partial charge in [0.2, 0.25) is 0 Å². The summed E-state index contributed by atoms with van der Waals surface area (Å²) in [4.78, 5) is 11.5. The van der Waals surface area contributed by atoms with Crippen molar-refractivity contribution in [3.63, 3.8) is 0 Å². The second-order valence-electron chi connectivity index (χ2n) is 8.33. The summed E-state index contributed by atoms with van der Waals surface area (Å²) in [6.45, 7) is 11.5. The lowest BCUT2D eigenvalue weighted by atomic mass is 9.98. The molecule has 4 rings (SSSR count). The first-order valence-electron chi connectivity index (χ1n) is 11.2. The van der Waals surface area contributed by atoms with Crippen molar-refractivity contribution >= 4 is 28.6 Å². The van der Waals surface area contributed by atoms with Gasteiger partial charge in [0.05, 0.1) is 25.1 Å². The Hall–Kier alpha value is -2.93. The van der Waals surface area contributed by atoms with Gasteiger partial charge in [0, 0.05) is 48.2 Å². The average Bonchev–Trinajstić information content (AvgIpc) is 3.24. The Labute approximate surface area is 200 Å². The molecule has 172 valence electrons. The van der Waals surface area contributed by atoms with E-state index in [0.717, 1.165) is 71.3 Å². The highest BCUT2D eigenvalue weighted by atomic mass is 35.5. The number of nitrogens with two attached hydrogens (primary N) is 1. The monoisotopic (exact) mass is 463 g/mol. The van der Waals surface area contributed by atoms with Crippen LogP contribution in [0.4, 0.5) is 5.82 Å². The van der Waals surface area contributed by atoms with Crippen LogP contribution in [0.3, 0.4) is 0 Å². The van der Waals surface area contributed by atoms with Crippen molar-refractivity contribution in [3.8, 4) is 11.3 Å². The molecular formula is C26H30ClN5O. The summed E-state index contributed by atoms with van der Waals surface area (Å²) in [7, 11) is 0. The molecule has 1 fully saturated rings. The van der Waals surface area contributed by atoms with E-state index in [9.17, 15) is 0 Å². The molecule has 4 heterocycles. The van der Waals surface area contributed by atoms with Crippen molar-refractivity contribution in [2.45, 2.75) is 26.8 Å². The molecule has 7 heteroatoms. The minimum atomic E-state index is 0.393. The Kier molecular flexibility index (Phi) is 7.28. The Morgan fingerprint density at radius 1 is 1.24 bits per heavy atom. The van der Waals surface area contributed by atoms with Gasteiger partial charge in [-0.25, -0.2) is 9.97 Å².